The number of methoxy groups -OCH3 is 2. The first-order valence-corrected chi connectivity index (χ1v) is 11.2. The van der Waals surface area contributed by atoms with Gasteiger partial charge in [0, 0.05) is 54.5 Å². The third-order valence-corrected chi connectivity index (χ3v) is 6.94. The van der Waals surface area contributed by atoms with Crippen molar-refractivity contribution in [3.05, 3.63) is 63.8 Å². The summed E-state index contributed by atoms with van der Waals surface area (Å²) in [5, 5.41) is 0.449. The van der Waals surface area contributed by atoms with Gasteiger partial charge in [-0.25, -0.2) is 4.39 Å². The molecule has 1 fully saturated rings. The molecule has 0 unspecified atom stereocenters. The Balaban J connectivity index is 1.50. The van der Waals surface area contributed by atoms with Gasteiger partial charge in [-0.15, -0.1) is 11.3 Å². The first-order chi connectivity index (χ1) is 15.4. The van der Waals surface area contributed by atoms with E-state index in [1.54, 1.807) is 35.1 Å². The minimum absolute atomic E-state index is 0.0839. The van der Waals surface area contributed by atoms with Crippen molar-refractivity contribution in [3.8, 4) is 5.75 Å². The maximum atomic E-state index is 14.4. The van der Waals surface area contributed by atoms with E-state index in [-0.39, 0.29) is 24.2 Å². The van der Waals surface area contributed by atoms with E-state index >= 15 is 0 Å². The molecule has 2 heterocycles. The summed E-state index contributed by atoms with van der Waals surface area (Å²) in [6.45, 7) is 3.78. The zero-order valence-corrected chi connectivity index (χ0v) is 19.1. The third kappa shape index (κ3) is 4.08. The van der Waals surface area contributed by atoms with Gasteiger partial charge in [-0.3, -0.25) is 9.59 Å². The molecule has 0 atom stereocenters. The highest BCUT2D eigenvalue weighted by Crippen LogP contribution is 2.34. The molecule has 0 aliphatic carbocycles. The summed E-state index contributed by atoms with van der Waals surface area (Å²) in [6, 6.07) is 10.3. The molecule has 1 aliphatic rings. The number of thiophene rings is 1. The Morgan fingerprint density at radius 2 is 1.72 bits per heavy atom. The van der Waals surface area contributed by atoms with Crippen LogP contribution in [-0.4, -0.2) is 62.0 Å². The second-order valence-corrected chi connectivity index (χ2v) is 8.78. The number of ether oxygens (including phenoxy) is 2. The second-order valence-electron chi connectivity index (χ2n) is 7.72. The lowest BCUT2D eigenvalue weighted by Gasteiger charge is -2.34. The number of aryl methyl sites for hydroxylation is 1. The molecule has 2 amide bonds. The van der Waals surface area contributed by atoms with Crippen LogP contribution in [0, 0.1) is 12.7 Å². The number of hydrogen-bond acceptors (Lipinski definition) is 5. The van der Waals surface area contributed by atoms with Gasteiger partial charge >= 0.3 is 0 Å². The standard InChI is InChI=1S/C24H25FN2O4S/c1-15-7-8-16(13-19(15)31-3)23(28)26-9-11-27(12-10-26)24(29)22-17(14-30-2)21-18(25)5-4-6-20(21)32-22/h4-8,13H,9-12,14H2,1-3H3. The molecule has 0 N–H and O–H groups in total. The fourth-order valence-corrected chi connectivity index (χ4v) is 5.20. The average molecular weight is 457 g/mol. The third-order valence-electron chi connectivity index (χ3n) is 5.76. The normalized spacial score (nSPS) is 14.1. The fraction of sp³-hybridized carbons (Fsp3) is 0.333. The largest absolute Gasteiger partial charge is 0.496 e. The summed E-state index contributed by atoms with van der Waals surface area (Å²) in [5.41, 5.74) is 2.11. The van der Waals surface area contributed by atoms with Crippen molar-refractivity contribution in [3.63, 3.8) is 0 Å². The van der Waals surface area contributed by atoms with Crippen LogP contribution in [0.4, 0.5) is 4.39 Å². The Kier molecular flexibility index (Phi) is 6.43. The number of carbonyl (C=O) groups excluding carboxylic acids is 2. The quantitative estimate of drug-likeness (QED) is 0.580. The SMILES string of the molecule is COCc1c(C(=O)N2CCN(C(=O)c3ccc(C)c(OC)c3)CC2)sc2cccc(F)c12. The summed E-state index contributed by atoms with van der Waals surface area (Å²) in [6.07, 6.45) is 0. The zero-order valence-electron chi connectivity index (χ0n) is 18.3. The number of benzene rings is 2. The van der Waals surface area contributed by atoms with Crippen LogP contribution in [0.15, 0.2) is 36.4 Å². The highest BCUT2D eigenvalue weighted by atomic mass is 32.1. The summed E-state index contributed by atoms with van der Waals surface area (Å²) >= 11 is 1.28. The minimum atomic E-state index is -0.353. The predicted octanol–water partition coefficient (Wildman–Crippen LogP) is 4.10. The van der Waals surface area contributed by atoms with Crippen molar-refractivity contribution in [1.82, 2.24) is 9.80 Å². The van der Waals surface area contributed by atoms with Gasteiger partial charge in [-0.2, -0.15) is 0 Å². The van der Waals surface area contributed by atoms with E-state index in [0.717, 1.165) is 10.3 Å². The van der Waals surface area contributed by atoms with Gasteiger partial charge in [-0.1, -0.05) is 12.1 Å². The molecule has 1 aromatic heterocycles. The van der Waals surface area contributed by atoms with Crippen molar-refractivity contribution >= 4 is 33.2 Å². The van der Waals surface area contributed by atoms with E-state index in [0.29, 0.717) is 53.3 Å². The lowest BCUT2D eigenvalue weighted by molar-refractivity contribution is 0.0536. The summed E-state index contributed by atoms with van der Waals surface area (Å²) in [7, 11) is 3.11. The first-order valence-electron chi connectivity index (χ1n) is 10.4. The lowest BCUT2D eigenvalue weighted by Crippen LogP contribution is -2.50. The number of amides is 2. The molecule has 3 aromatic rings. The zero-order chi connectivity index (χ0) is 22.8. The number of rotatable bonds is 5. The summed E-state index contributed by atoms with van der Waals surface area (Å²) in [4.78, 5) is 30.2. The Bertz CT molecular complexity index is 1170. The molecule has 2 aromatic carbocycles. The molecule has 32 heavy (non-hydrogen) atoms. The maximum absolute atomic E-state index is 14.4. The monoisotopic (exact) mass is 456 g/mol. The molecule has 0 spiro atoms. The highest BCUT2D eigenvalue weighted by Gasteiger charge is 2.29. The van der Waals surface area contributed by atoms with Gasteiger partial charge in [0.15, 0.2) is 0 Å². The molecule has 0 saturated carbocycles. The molecule has 1 saturated heterocycles. The Labute approximate surface area is 190 Å². The molecule has 6 nitrogen and oxygen atoms in total. The van der Waals surface area contributed by atoms with Crippen LogP contribution >= 0.6 is 11.3 Å². The second kappa shape index (κ2) is 9.26. The number of fused-ring (bicyclic) bond motifs is 1. The average Bonchev–Trinajstić information content (AvgIpc) is 3.18. The van der Waals surface area contributed by atoms with Crippen molar-refractivity contribution < 1.29 is 23.5 Å². The van der Waals surface area contributed by atoms with Crippen molar-refractivity contribution in [1.29, 1.82) is 0 Å². The van der Waals surface area contributed by atoms with Gasteiger partial charge in [0.1, 0.15) is 11.6 Å². The van der Waals surface area contributed by atoms with Crippen LogP contribution in [0.2, 0.25) is 0 Å². The van der Waals surface area contributed by atoms with Gasteiger partial charge in [-0.05, 0) is 36.8 Å². The van der Waals surface area contributed by atoms with Gasteiger partial charge in [0.25, 0.3) is 11.8 Å². The van der Waals surface area contributed by atoms with Crippen LogP contribution in [0.1, 0.15) is 31.2 Å². The predicted molar refractivity (Wildman–Crippen MR) is 122 cm³/mol. The lowest BCUT2D eigenvalue weighted by atomic mass is 10.1. The van der Waals surface area contributed by atoms with E-state index in [9.17, 15) is 14.0 Å². The molecule has 0 radical (unpaired) electrons. The molecule has 1 aliphatic heterocycles. The van der Waals surface area contributed by atoms with Crippen LogP contribution < -0.4 is 4.74 Å². The number of carbonyl (C=O) groups is 2. The number of hydrogen-bond donors (Lipinski definition) is 0. The molecule has 4 rings (SSSR count). The summed E-state index contributed by atoms with van der Waals surface area (Å²) < 4.78 is 25.8. The van der Waals surface area contributed by atoms with Gasteiger partial charge in [0.05, 0.1) is 18.6 Å². The molecule has 0 bridgehead atoms. The number of halogens is 1. The maximum Gasteiger partial charge on any atom is 0.264 e. The van der Waals surface area contributed by atoms with Crippen LogP contribution in [0.25, 0.3) is 10.1 Å². The Morgan fingerprint density at radius 3 is 2.38 bits per heavy atom. The van der Waals surface area contributed by atoms with E-state index in [1.807, 2.05) is 19.1 Å². The topological polar surface area (TPSA) is 59.1 Å². The smallest absolute Gasteiger partial charge is 0.264 e. The van der Waals surface area contributed by atoms with Gasteiger partial charge < -0.3 is 19.3 Å². The van der Waals surface area contributed by atoms with E-state index in [4.69, 9.17) is 9.47 Å². The number of nitrogens with zero attached hydrogens (tertiary/aromatic N) is 2. The highest BCUT2D eigenvalue weighted by molar-refractivity contribution is 7.21. The minimum Gasteiger partial charge on any atom is -0.496 e. The van der Waals surface area contributed by atoms with E-state index in [2.05, 4.69) is 0 Å². The number of piperazine rings is 1. The van der Waals surface area contributed by atoms with Crippen LogP contribution in [0.5, 0.6) is 5.75 Å². The molecule has 8 heteroatoms. The van der Waals surface area contributed by atoms with Crippen LogP contribution in [0.3, 0.4) is 0 Å². The van der Waals surface area contributed by atoms with Crippen molar-refractivity contribution in [2.45, 2.75) is 13.5 Å². The molecule has 168 valence electrons. The Morgan fingerprint density at radius 1 is 1.03 bits per heavy atom. The molecular formula is C24H25FN2O4S. The summed E-state index contributed by atoms with van der Waals surface area (Å²) in [5.74, 6) is 0.0854. The van der Waals surface area contributed by atoms with Crippen molar-refractivity contribution in [2.75, 3.05) is 40.4 Å². The fourth-order valence-electron chi connectivity index (χ4n) is 4.01. The van der Waals surface area contributed by atoms with Crippen LogP contribution in [-0.2, 0) is 11.3 Å². The van der Waals surface area contributed by atoms with E-state index < -0.39 is 0 Å². The van der Waals surface area contributed by atoms with Crippen molar-refractivity contribution in [2.24, 2.45) is 0 Å². The van der Waals surface area contributed by atoms with Gasteiger partial charge in [0.2, 0.25) is 0 Å². The van der Waals surface area contributed by atoms with E-state index in [1.165, 1.54) is 24.5 Å². The Hall–Kier alpha value is -2.97. The molecular weight excluding hydrogens is 431 g/mol. The first kappa shape index (κ1) is 22.2.